The smallest absolute Gasteiger partial charge is 0.323 e. The van der Waals surface area contributed by atoms with Gasteiger partial charge in [0.2, 0.25) is 11.9 Å². The second-order valence-electron chi connectivity index (χ2n) is 14.8. The second-order valence-corrected chi connectivity index (χ2v) is 14.8. The first-order chi connectivity index (χ1) is 18.6. The van der Waals surface area contributed by atoms with Crippen molar-refractivity contribution in [2.24, 2.45) is 0 Å². The Morgan fingerprint density at radius 3 is 1.43 bits per heavy atom. The van der Waals surface area contributed by atoms with Crippen LogP contribution in [0, 0.1) is 0 Å². The molecule has 0 unspecified atom stereocenters. The number of hydrogen-bond acceptors (Lipinski definition) is 8. The second kappa shape index (κ2) is 12.9. The van der Waals surface area contributed by atoms with Gasteiger partial charge in [0.15, 0.2) is 0 Å². The number of nitrogens with zero attached hydrogens (tertiary/aromatic N) is 5. The van der Waals surface area contributed by atoms with E-state index >= 15 is 0 Å². The van der Waals surface area contributed by atoms with Gasteiger partial charge in [0.1, 0.15) is 6.61 Å². The molecule has 2 saturated heterocycles. The van der Waals surface area contributed by atoms with Crippen LogP contribution in [0.25, 0.3) is 0 Å². The summed E-state index contributed by atoms with van der Waals surface area (Å²) in [5.41, 5.74) is 0.0886. The molecule has 40 heavy (non-hydrogen) atoms. The number of anilines is 2. The van der Waals surface area contributed by atoms with Gasteiger partial charge in [-0.2, -0.15) is 15.0 Å². The molecule has 8 nitrogen and oxygen atoms in total. The molecule has 0 saturated carbocycles. The summed E-state index contributed by atoms with van der Waals surface area (Å²) in [5, 5.41) is 7.69. The van der Waals surface area contributed by atoms with Crippen LogP contribution in [0.1, 0.15) is 121 Å². The molecule has 2 aliphatic rings. The summed E-state index contributed by atoms with van der Waals surface area (Å²) >= 11 is 0. The molecule has 228 valence electrons. The molecule has 1 aromatic heterocycles. The molecule has 0 aromatic carbocycles. The Morgan fingerprint density at radius 2 is 1.10 bits per heavy atom. The van der Waals surface area contributed by atoms with E-state index in [-0.39, 0.29) is 22.2 Å². The molecule has 2 fully saturated rings. The maximum Gasteiger partial charge on any atom is 0.323 e. The van der Waals surface area contributed by atoms with Gasteiger partial charge in [-0.05, 0) is 93.9 Å². The van der Waals surface area contributed by atoms with Crippen molar-refractivity contribution >= 4 is 11.9 Å². The molecule has 0 aliphatic carbocycles. The Kier molecular flexibility index (Phi) is 10.5. The van der Waals surface area contributed by atoms with Gasteiger partial charge in [0.05, 0.1) is 0 Å². The fourth-order valence-corrected chi connectivity index (χ4v) is 7.32. The van der Waals surface area contributed by atoms with Gasteiger partial charge in [0, 0.05) is 47.3 Å². The molecule has 3 rings (SSSR count). The average molecular weight is 558 g/mol. The van der Waals surface area contributed by atoms with E-state index in [1.807, 2.05) is 0 Å². The predicted octanol–water partition coefficient (Wildman–Crippen LogP) is 6.27. The monoisotopic (exact) mass is 557 g/mol. The Balaban J connectivity index is 2.10. The van der Waals surface area contributed by atoms with E-state index in [2.05, 4.69) is 96.2 Å². The van der Waals surface area contributed by atoms with Gasteiger partial charge in [-0.25, -0.2) is 0 Å². The maximum atomic E-state index is 6.03. The first-order valence-corrected chi connectivity index (χ1v) is 15.7. The Bertz CT molecular complexity index is 874. The lowest BCUT2D eigenvalue weighted by Gasteiger charge is -2.50. The number of unbranched alkanes of at least 4 members (excludes halogenated alkanes) is 2. The molecule has 0 amide bonds. The molecule has 3 heterocycles. The Labute approximate surface area is 245 Å². The fourth-order valence-electron chi connectivity index (χ4n) is 7.32. The van der Waals surface area contributed by atoms with Crippen molar-refractivity contribution in [3.05, 3.63) is 12.7 Å². The highest BCUT2D eigenvalue weighted by molar-refractivity contribution is 5.43. The topological polar surface area (TPSA) is 78.4 Å². The number of hydrogen-bond donors (Lipinski definition) is 2. The summed E-state index contributed by atoms with van der Waals surface area (Å²) in [5.74, 6) is 1.48. The summed E-state index contributed by atoms with van der Waals surface area (Å²) in [6.45, 7) is 29.0. The zero-order chi connectivity index (χ0) is 29.8. The first-order valence-electron chi connectivity index (χ1n) is 15.7. The number of nitrogens with one attached hydrogen (secondary N) is 2. The first kappa shape index (κ1) is 32.6. The maximum absolute atomic E-state index is 6.03. The van der Waals surface area contributed by atoms with Gasteiger partial charge < -0.3 is 25.2 Å². The average Bonchev–Trinajstić information content (AvgIpc) is 2.79. The third-order valence-electron chi connectivity index (χ3n) is 8.16. The van der Waals surface area contributed by atoms with Crippen LogP contribution in [0.2, 0.25) is 0 Å². The van der Waals surface area contributed by atoms with Crippen molar-refractivity contribution in [3.63, 3.8) is 0 Å². The lowest BCUT2D eigenvalue weighted by Crippen LogP contribution is -2.63. The fraction of sp³-hybridized carbons (Fsp3) is 0.844. The van der Waals surface area contributed by atoms with Crippen molar-refractivity contribution < 1.29 is 4.74 Å². The number of rotatable bonds is 13. The minimum atomic E-state index is 0.0222. The van der Waals surface area contributed by atoms with Crippen LogP contribution in [0.3, 0.4) is 0 Å². The van der Waals surface area contributed by atoms with E-state index in [0.29, 0.717) is 24.7 Å². The number of aromatic nitrogens is 3. The molecule has 0 atom stereocenters. The highest BCUT2D eigenvalue weighted by Crippen LogP contribution is 2.36. The van der Waals surface area contributed by atoms with Crippen LogP contribution in [0.15, 0.2) is 12.7 Å². The molecule has 0 bridgehead atoms. The highest BCUT2D eigenvalue weighted by atomic mass is 16.5. The SMILES string of the molecule is C=CCOc1nc(N(CCCC)C2CC(C)(C)NC(C)(C)C2)nc(N(CCCC)C2CC(C)(C)NC(C)(C)C2)n1. The summed E-state index contributed by atoms with van der Waals surface area (Å²) in [4.78, 5) is 20.0. The summed E-state index contributed by atoms with van der Waals surface area (Å²) in [6.07, 6.45) is 10.3. The van der Waals surface area contributed by atoms with Crippen molar-refractivity contribution in [2.45, 2.75) is 155 Å². The lowest BCUT2D eigenvalue weighted by atomic mass is 9.79. The van der Waals surface area contributed by atoms with Crippen molar-refractivity contribution in [2.75, 3.05) is 29.5 Å². The van der Waals surface area contributed by atoms with Crippen LogP contribution in [-0.4, -0.2) is 68.9 Å². The largest absolute Gasteiger partial charge is 0.459 e. The lowest BCUT2D eigenvalue weighted by molar-refractivity contribution is 0.157. The van der Waals surface area contributed by atoms with E-state index in [1.54, 1.807) is 6.08 Å². The number of ether oxygens (including phenoxy) is 1. The van der Waals surface area contributed by atoms with E-state index in [4.69, 9.17) is 19.7 Å². The molecule has 1 aromatic rings. The van der Waals surface area contributed by atoms with Crippen molar-refractivity contribution in [3.8, 4) is 6.01 Å². The van der Waals surface area contributed by atoms with Gasteiger partial charge in [-0.15, -0.1) is 0 Å². The molecule has 2 N–H and O–H groups in total. The molecular formula is C32H59N7O. The predicted molar refractivity (Wildman–Crippen MR) is 169 cm³/mol. The van der Waals surface area contributed by atoms with E-state index in [0.717, 1.165) is 76.4 Å². The van der Waals surface area contributed by atoms with Crippen LogP contribution >= 0.6 is 0 Å². The molecule has 8 heteroatoms. The summed E-state index contributed by atoms with van der Waals surface area (Å²) in [6, 6.07) is 1.03. The van der Waals surface area contributed by atoms with E-state index in [1.165, 1.54) is 0 Å². The number of piperidine rings is 2. The quantitative estimate of drug-likeness (QED) is 0.275. The van der Waals surface area contributed by atoms with E-state index in [9.17, 15) is 0 Å². The Morgan fingerprint density at radius 1 is 0.725 bits per heavy atom. The summed E-state index contributed by atoms with van der Waals surface area (Å²) in [7, 11) is 0. The van der Waals surface area contributed by atoms with Crippen molar-refractivity contribution in [1.82, 2.24) is 25.6 Å². The Hall–Kier alpha value is -1.93. The molecule has 0 spiro atoms. The molecular weight excluding hydrogens is 498 g/mol. The van der Waals surface area contributed by atoms with Gasteiger partial charge >= 0.3 is 6.01 Å². The van der Waals surface area contributed by atoms with Gasteiger partial charge in [-0.1, -0.05) is 39.3 Å². The van der Waals surface area contributed by atoms with Crippen molar-refractivity contribution in [1.29, 1.82) is 0 Å². The highest BCUT2D eigenvalue weighted by Gasteiger charge is 2.42. The third-order valence-corrected chi connectivity index (χ3v) is 8.16. The minimum Gasteiger partial charge on any atom is -0.459 e. The van der Waals surface area contributed by atoms with Crippen LogP contribution in [0.5, 0.6) is 6.01 Å². The van der Waals surface area contributed by atoms with Gasteiger partial charge in [0.25, 0.3) is 0 Å². The zero-order valence-electron chi connectivity index (χ0n) is 27.4. The van der Waals surface area contributed by atoms with Crippen LogP contribution < -0.4 is 25.2 Å². The van der Waals surface area contributed by atoms with Crippen LogP contribution in [-0.2, 0) is 0 Å². The molecule has 2 aliphatic heterocycles. The standard InChI is InChI=1S/C32H59N7O/c1-12-15-17-38(24-20-29(4,5)36-30(6,7)21-24)26-33-27(35-28(34-26)40-19-14-3)39(18-16-13-2)25-22-31(8,9)37-32(10,11)23-25/h14,24-25,36-37H,3,12-13,15-23H2,1-2,4-11H3. The normalized spacial score (nSPS) is 22.1. The summed E-state index contributed by atoms with van der Waals surface area (Å²) < 4.78 is 6.03. The third kappa shape index (κ3) is 9.04. The van der Waals surface area contributed by atoms with Crippen LogP contribution in [0.4, 0.5) is 11.9 Å². The minimum absolute atomic E-state index is 0.0222. The van der Waals surface area contributed by atoms with Gasteiger partial charge in [-0.3, -0.25) is 0 Å². The van der Waals surface area contributed by atoms with E-state index < -0.39 is 0 Å². The zero-order valence-corrected chi connectivity index (χ0v) is 27.4. The molecule has 0 radical (unpaired) electrons.